The van der Waals surface area contributed by atoms with Crippen molar-refractivity contribution < 1.29 is 50.3 Å². The van der Waals surface area contributed by atoms with E-state index < -0.39 is 61.4 Å². The second-order valence-corrected chi connectivity index (χ2v) is 4.98. The summed E-state index contributed by atoms with van der Waals surface area (Å²) >= 11 is 0. The van der Waals surface area contributed by atoms with Gasteiger partial charge < -0.3 is 50.3 Å². The Kier molecular flexibility index (Phi) is 4.33. The van der Waals surface area contributed by atoms with Crippen LogP contribution in [0.5, 0.6) is 0 Å². The van der Waals surface area contributed by atoms with Crippen molar-refractivity contribution in [3.63, 3.8) is 0 Å². The molecule has 20 heavy (non-hydrogen) atoms. The molecule has 0 aromatic carbocycles. The van der Waals surface area contributed by atoms with Gasteiger partial charge in [0.1, 0.15) is 42.7 Å². The number of rotatable bonds is 3. The van der Waals surface area contributed by atoms with E-state index in [9.17, 15) is 40.9 Å². The van der Waals surface area contributed by atoms with Gasteiger partial charge in [-0.3, -0.25) is 0 Å². The van der Waals surface area contributed by atoms with E-state index in [0.29, 0.717) is 0 Å². The standard InChI is InChI=1S/C10H18O10/c11-2-1-19-10(18,7(2)15)8(16)5(14)6-3(12)4(13)9(17)20-6/h2-9,11-18H,1H2/t2?,3-,4+,5+,6+,7?,8+,9-,10+/m0/s1. The predicted octanol–water partition coefficient (Wildman–Crippen LogP) is -5.41. The molecule has 2 fully saturated rings. The lowest BCUT2D eigenvalue weighted by Crippen LogP contribution is -2.60. The Balaban J connectivity index is 2.11. The normalized spacial score (nSPS) is 52.2. The molecule has 0 spiro atoms. The van der Waals surface area contributed by atoms with E-state index in [2.05, 4.69) is 9.47 Å². The van der Waals surface area contributed by atoms with Crippen molar-refractivity contribution in [3.05, 3.63) is 0 Å². The van der Waals surface area contributed by atoms with Gasteiger partial charge in [0.25, 0.3) is 0 Å². The zero-order valence-electron chi connectivity index (χ0n) is 10.2. The second-order valence-electron chi connectivity index (χ2n) is 4.98. The summed E-state index contributed by atoms with van der Waals surface area (Å²) in [7, 11) is 0. The van der Waals surface area contributed by atoms with Crippen LogP contribution in [0.25, 0.3) is 0 Å². The summed E-state index contributed by atoms with van der Waals surface area (Å²) in [4.78, 5) is 0. The summed E-state index contributed by atoms with van der Waals surface area (Å²) in [5, 5.41) is 76.5. The van der Waals surface area contributed by atoms with Crippen LogP contribution in [-0.4, -0.2) is 102 Å². The molecule has 0 aromatic heterocycles. The summed E-state index contributed by atoms with van der Waals surface area (Å²) in [5.74, 6) is -2.67. The van der Waals surface area contributed by atoms with E-state index in [1.807, 2.05) is 0 Å². The molecule has 10 heteroatoms. The minimum Gasteiger partial charge on any atom is -0.388 e. The first-order valence-corrected chi connectivity index (χ1v) is 5.98. The molecule has 2 unspecified atom stereocenters. The Morgan fingerprint density at radius 1 is 1.00 bits per heavy atom. The first-order valence-electron chi connectivity index (χ1n) is 5.98. The number of ether oxygens (including phenoxy) is 2. The summed E-state index contributed by atoms with van der Waals surface area (Å²) in [5.41, 5.74) is 0. The fourth-order valence-electron chi connectivity index (χ4n) is 2.32. The number of hydrogen-bond acceptors (Lipinski definition) is 10. The van der Waals surface area contributed by atoms with Crippen molar-refractivity contribution in [2.45, 2.75) is 54.8 Å². The smallest absolute Gasteiger partial charge is 0.224 e. The second kappa shape index (κ2) is 5.42. The largest absolute Gasteiger partial charge is 0.388 e. The van der Waals surface area contributed by atoms with Crippen LogP contribution in [0, 0.1) is 0 Å². The van der Waals surface area contributed by atoms with Crippen LogP contribution < -0.4 is 0 Å². The molecule has 2 saturated heterocycles. The van der Waals surface area contributed by atoms with Crippen LogP contribution in [0.15, 0.2) is 0 Å². The van der Waals surface area contributed by atoms with Gasteiger partial charge in [0.2, 0.25) is 5.79 Å². The van der Waals surface area contributed by atoms with E-state index in [0.717, 1.165) is 0 Å². The molecule has 8 N–H and O–H groups in total. The maximum Gasteiger partial charge on any atom is 0.224 e. The lowest BCUT2D eigenvalue weighted by atomic mass is 9.92. The third-order valence-electron chi connectivity index (χ3n) is 3.63. The fraction of sp³-hybridized carbons (Fsp3) is 1.00. The van der Waals surface area contributed by atoms with Crippen LogP contribution >= 0.6 is 0 Å². The lowest BCUT2D eigenvalue weighted by Gasteiger charge is -2.35. The third kappa shape index (κ3) is 2.33. The minimum atomic E-state index is -2.67. The average Bonchev–Trinajstić information content (AvgIpc) is 2.83. The predicted molar refractivity (Wildman–Crippen MR) is 57.8 cm³/mol. The molecule has 0 amide bonds. The molecule has 9 atom stereocenters. The Morgan fingerprint density at radius 3 is 2.00 bits per heavy atom. The summed E-state index contributed by atoms with van der Waals surface area (Å²) in [6, 6.07) is 0. The molecule has 0 radical (unpaired) electrons. The molecule has 2 heterocycles. The minimum absolute atomic E-state index is 0.471. The zero-order valence-corrected chi connectivity index (χ0v) is 10.2. The van der Waals surface area contributed by atoms with Crippen molar-refractivity contribution in [1.82, 2.24) is 0 Å². The van der Waals surface area contributed by atoms with Gasteiger partial charge in [0.05, 0.1) is 6.61 Å². The SMILES string of the molecule is OC1CO[C@@](O)([C@H](O)[C@H](O)[C@@H]2O[C@H](O)[C@H](O)[C@@H]2O)C1O. The van der Waals surface area contributed by atoms with Gasteiger partial charge >= 0.3 is 0 Å². The highest BCUT2D eigenvalue weighted by Crippen LogP contribution is 2.32. The molecule has 0 bridgehead atoms. The Labute approximate surface area is 113 Å². The molecule has 10 nitrogen and oxygen atoms in total. The van der Waals surface area contributed by atoms with Gasteiger partial charge in [0.15, 0.2) is 6.29 Å². The highest BCUT2D eigenvalue weighted by atomic mass is 16.7. The maximum atomic E-state index is 9.94. The molecule has 2 aliphatic heterocycles. The Bertz CT molecular complexity index is 353. The molecule has 0 aromatic rings. The van der Waals surface area contributed by atoms with Crippen LogP contribution in [0.4, 0.5) is 0 Å². The first-order chi connectivity index (χ1) is 9.20. The third-order valence-corrected chi connectivity index (χ3v) is 3.63. The van der Waals surface area contributed by atoms with Crippen LogP contribution in [0.2, 0.25) is 0 Å². The van der Waals surface area contributed by atoms with Crippen molar-refractivity contribution in [1.29, 1.82) is 0 Å². The fourth-order valence-corrected chi connectivity index (χ4v) is 2.32. The molecular weight excluding hydrogens is 280 g/mol. The molecular formula is C10H18O10. The van der Waals surface area contributed by atoms with E-state index in [1.165, 1.54) is 0 Å². The van der Waals surface area contributed by atoms with Gasteiger partial charge in [-0.15, -0.1) is 0 Å². The average molecular weight is 298 g/mol. The molecule has 0 saturated carbocycles. The lowest BCUT2D eigenvalue weighted by molar-refractivity contribution is -0.294. The van der Waals surface area contributed by atoms with Crippen LogP contribution in [0.3, 0.4) is 0 Å². The summed E-state index contributed by atoms with van der Waals surface area (Å²) < 4.78 is 9.35. The first kappa shape index (κ1) is 16.0. The van der Waals surface area contributed by atoms with Gasteiger partial charge in [-0.1, -0.05) is 0 Å². The highest BCUT2D eigenvalue weighted by Gasteiger charge is 2.58. The molecule has 118 valence electrons. The zero-order chi connectivity index (χ0) is 15.2. The maximum absolute atomic E-state index is 9.94. The van der Waals surface area contributed by atoms with Crippen LogP contribution in [0.1, 0.15) is 0 Å². The monoisotopic (exact) mass is 298 g/mol. The summed E-state index contributed by atoms with van der Waals surface area (Å²) in [6.45, 7) is -0.471. The molecule has 2 aliphatic rings. The number of hydrogen-bond donors (Lipinski definition) is 8. The number of aliphatic hydroxyl groups is 8. The van der Waals surface area contributed by atoms with E-state index in [4.69, 9.17) is 0 Å². The molecule has 2 rings (SSSR count). The van der Waals surface area contributed by atoms with Crippen molar-refractivity contribution in [3.8, 4) is 0 Å². The molecule has 0 aliphatic carbocycles. The van der Waals surface area contributed by atoms with E-state index in [-0.39, 0.29) is 0 Å². The van der Waals surface area contributed by atoms with Gasteiger partial charge in [0, 0.05) is 0 Å². The summed E-state index contributed by atoms with van der Waals surface area (Å²) in [6.07, 6.45) is -14.3. The van der Waals surface area contributed by atoms with Crippen LogP contribution in [-0.2, 0) is 9.47 Å². The van der Waals surface area contributed by atoms with Gasteiger partial charge in [-0.05, 0) is 0 Å². The van der Waals surface area contributed by atoms with Gasteiger partial charge in [-0.2, -0.15) is 0 Å². The van der Waals surface area contributed by atoms with Crippen molar-refractivity contribution in [2.75, 3.05) is 6.61 Å². The van der Waals surface area contributed by atoms with Crippen molar-refractivity contribution in [2.24, 2.45) is 0 Å². The highest BCUT2D eigenvalue weighted by molar-refractivity contribution is 5.01. The van der Waals surface area contributed by atoms with E-state index >= 15 is 0 Å². The quantitative estimate of drug-likeness (QED) is 0.250. The van der Waals surface area contributed by atoms with Crippen molar-refractivity contribution >= 4 is 0 Å². The Morgan fingerprint density at radius 2 is 1.60 bits per heavy atom. The number of aliphatic hydroxyl groups excluding tert-OH is 7. The van der Waals surface area contributed by atoms with E-state index in [1.54, 1.807) is 0 Å². The van der Waals surface area contributed by atoms with Gasteiger partial charge in [-0.25, -0.2) is 0 Å². The Hall–Kier alpha value is -0.400. The topological polar surface area (TPSA) is 180 Å².